The molecule has 0 bridgehead atoms. The van der Waals surface area contributed by atoms with Crippen molar-refractivity contribution in [2.75, 3.05) is 0 Å². The van der Waals surface area contributed by atoms with E-state index in [-0.39, 0.29) is 0 Å². The van der Waals surface area contributed by atoms with Crippen molar-refractivity contribution in [3.8, 4) is 0 Å². The summed E-state index contributed by atoms with van der Waals surface area (Å²) in [6.45, 7) is 13.6. The van der Waals surface area contributed by atoms with Gasteiger partial charge in [-0.15, -0.1) is 0 Å². The summed E-state index contributed by atoms with van der Waals surface area (Å²) in [5.74, 6) is 3.14. The van der Waals surface area contributed by atoms with E-state index in [4.69, 9.17) is 0 Å². The van der Waals surface area contributed by atoms with E-state index >= 15 is 0 Å². The first-order chi connectivity index (χ1) is 11.1. The zero-order valence-corrected chi connectivity index (χ0v) is 16.7. The summed E-state index contributed by atoms with van der Waals surface area (Å²) in [4.78, 5) is 0. The maximum absolute atomic E-state index is 2.45. The summed E-state index contributed by atoms with van der Waals surface area (Å²) < 4.78 is 0. The number of hydrogen-bond acceptors (Lipinski definition) is 0. The Hall–Kier alpha value is -0.780. The first-order valence-corrected chi connectivity index (χ1v) is 9.95. The zero-order chi connectivity index (χ0) is 17.5. The average Bonchev–Trinajstić information content (AvgIpc) is 2.55. The minimum atomic E-state index is 0.618. The van der Waals surface area contributed by atoms with Gasteiger partial charge in [0, 0.05) is 0 Å². The zero-order valence-electron chi connectivity index (χ0n) is 16.7. The van der Waals surface area contributed by atoms with Gasteiger partial charge >= 0.3 is 0 Å². The van der Waals surface area contributed by atoms with E-state index in [1.54, 1.807) is 0 Å². The molecule has 0 aliphatic carbocycles. The molecule has 0 aromatic heterocycles. The summed E-state index contributed by atoms with van der Waals surface area (Å²) in [5, 5.41) is 0. The van der Waals surface area contributed by atoms with Gasteiger partial charge in [-0.3, -0.25) is 0 Å². The Kier molecular flexibility index (Phi) is 14.3. The molecule has 0 saturated carbocycles. The molecule has 3 unspecified atom stereocenters. The van der Waals surface area contributed by atoms with Gasteiger partial charge in [0.25, 0.3) is 0 Å². The summed E-state index contributed by atoms with van der Waals surface area (Å²) in [7, 11) is 0. The van der Waals surface area contributed by atoms with Crippen molar-refractivity contribution < 1.29 is 0 Å². The van der Waals surface area contributed by atoms with Gasteiger partial charge in [0.1, 0.15) is 0 Å². The van der Waals surface area contributed by atoms with Crippen LogP contribution in [-0.4, -0.2) is 0 Å². The molecule has 0 amide bonds. The van der Waals surface area contributed by atoms with Crippen LogP contribution in [-0.2, 0) is 0 Å². The highest BCUT2D eigenvalue weighted by Crippen LogP contribution is 2.25. The largest absolute Gasteiger partial charge is 0.0917 e. The molecule has 0 heterocycles. The normalized spacial score (nSPS) is 18.0. The van der Waals surface area contributed by atoms with Gasteiger partial charge in [0.2, 0.25) is 0 Å². The van der Waals surface area contributed by atoms with E-state index < -0.39 is 0 Å². The molecule has 0 fully saturated rings. The van der Waals surface area contributed by atoms with Crippen LogP contribution in [0.1, 0.15) is 86.5 Å². The van der Waals surface area contributed by atoms with Gasteiger partial charge in [-0.1, -0.05) is 82.9 Å². The fraction of sp³-hybridized carbons (Fsp3) is 0.739. The van der Waals surface area contributed by atoms with Gasteiger partial charge in [-0.2, -0.15) is 0 Å². The van der Waals surface area contributed by atoms with Crippen molar-refractivity contribution in [2.24, 2.45) is 23.7 Å². The van der Waals surface area contributed by atoms with Crippen LogP contribution in [0.4, 0.5) is 0 Å². The van der Waals surface area contributed by atoms with Crippen molar-refractivity contribution in [1.82, 2.24) is 0 Å². The van der Waals surface area contributed by atoms with Crippen molar-refractivity contribution in [1.29, 1.82) is 0 Å². The predicted molar refractivity (Wildman–Crippen MR) is 108 cm³/mol. The Bertz CT molecular complexity index is 322. The summed E-state index contributed by atoms with van der Waals surface area (Å²) in [6.07, 6.45) is 23.1. The highest BCUT2D eigenvalue weighted by atomic mass is 14.2. The Morgan fingerprint density at radius 1 is 0.826 bits per heavy atom. The smallest absolute Gasteiger partial charge is 0.00280 e. The second-order valence-corrected chi connectivity index (χ2v) is 7.31. The third kappa shape index (κ3) is 11.4. The quantitative estimate of drug-likeness (QED) is 0.238. The van der Waals surface area contributed by atoms with E-state index in [0.29, 0.717) is 5.92 Å². The van der Waals surface area contributed by atoms with Crippen LogP contribution >= 0.6 is 0 Å². The lowest BCUT2D eigenvalue weighted by atomic mass is 9.86. The second-order valence-electron chi connectivity index (χ2n) is 7.31. The number of rotatable bonds is 13. The fourth-order valence-electron chi connectivity index (χ4n) is 3.48. The van der Waals surface area contributed by atoms with E-state index in [0.717, 1.165) is 17.8 Å². The van der Waals surface area contributed by atoms with Crippen molar-refractivity contribution in [2.45, 2.75) is 86.5 Å². The molecule has 0 aliphatic heterocycles. The van der Waals surface area contributed by atoms with Gasteiger partial charge < -0.3 is 0 Å². The highest BCUT2D eigenvalue weighted by Gasteiger charge is 2.13. The Morgan fingerprint density at radius 3 is 1.96 bits per heavy atom. The van der Waals surface area contributed by atoms with Crippen LogP contribution < -0.4 is 0 Å². The van der Waals surface area contributed by atoms with Crippen LogP contribution in [0.3, 0.4) is 0 Å². The van der Waals surface area contributed by atoms with Crippen LogP contribution in [0.25, 0.3) is 0 Å². The van der Waals surface area contributed by atoms with Gasteiger partial charge in [-0.05, 0) is 63.7 Å². The molecule has 134 valence electrons. The lowest BCUT2D eigenvalue weighted by Crippen LogP contribution is -2.08. The third-order valence-corrected chi connectivity index (χ3v) is 5.11. The minimum absolute atomic E-state index is 0.618. The lowest BCUT2D eigenvalue weighted by molar-refractivity contribution is 0.348. The fourth-order valence-corrected chi connectivity index (χ4v) is 3.48. The van der Waals surface area contributed by atoms with E-state index in [1.807, 2.05) is 0 Å². The Labute approximate surface area is 147 Å². The predicted octanol–water partition coefficient (Wildman–Crippen LogP) is 7.97. The van der Waals surface area contributed by atoms with Crippen LogP contribution in [0, 0.1) is 23.7 Å². The monoisotopic (exact) mass is 318 g/mol. The molecule has 0 spiro atoms. The van der Waals surface area contributed by atoms with Crippen LogP contribution in [0.5, 0.6) is 0 Å². The maximum atomic E-state index is 2.45. The molecular weight excluding hydrogens is 276 g/mol. The van der Waals surface area contributed by atoms with Crippen LogP contribution in [0.2, 0.25) is 0 Å². The SMILES string of the molecule is CC=CCC(CC)CC(C)CCCCC(C)C(C=CC)C=CC. The molecule has 0 aromatic rings. The molecule has 0 heteroatoms. The number of hydrogen-bond donors (Lipinski definition) is 0. The van der Waals surface area contributed by atoms with E-state index in [9.17, 15) is 0 Å². The maximum Gasteiger partial charge on any atom is -0.00280 e. The Morgan fingerprint density at radius 2 is 1.43 bits per heavy atom. The van der Waals surface area contributed by atoms with Crippen molar-refractivity contribution in [3.63, 3.8) is 0 Å². The lowest BCUT2D eigenvalue weighted by Gasteiger charge is -2.20. The first-order valence-electron chi connectivity index (χ1n) is 9.95. The second kappa shape index (κ2) is 14.8. The number of allylic oxidation sites excluding steroid dienone is 6. The van der Waals surface area contributed by atoms with Gasteiger partial charge in [-0.25, -0.2) is 0 Å². The molecule has 0 nitrogen and oxygen atoms in total. The van der Waals surface area contributed by atoms with E-state index in [1.165, 1.54) is 44.9 Å². The summed E-state index contributed by atoms with van der Waals surface area (Å²) in [5.41, 5.74) is 0. The minimum Gasteiger partial charge on any atom is -0.0917 e. The molecular formula is C23H42. The first kappa shape index (κ1) is 22.2. The molecule has 0 aromatic carbocycles. The molecule has 0 N–H and O–H groups in total. The topological polar surface area (TPSA) is 0 Å². The molecule has 0 aliphatic rings. The van der Waals surface area contributed by atoms with Gasteiger partial charge in [0.05, 0.1) is 0 Å². The third-order valence-electron chi connectivity index (χ3n) is 5.11. The number of unbranched alkanes of at least 4 members (excludes halogenated alkanes) is 1. The van der Waals surface area contributed by atoms with Gasteiger partial charge in [0.15, 0.2) is 0 Å². The summed E-state index contributed by atoms with van der Waals surface area (Å²) in [6, 6.07) is 0. The molecule has 3 atom stereocenters. The molecule has 0 rings (SSSR count). The highest BCUT2D eigenvalue weighted by molar-refractivity contribution is 5.00. The molecule has 23 heavy (non-hydrogen) atoms. The Balaban J connectivity index is 4.00. The van der Waals surface area contributed by atoms with Crippen molar-refractivity contribution >= 4 is 0 Å². The van der Waals surface area contributed by atoms with Crippen LogP contribution in [0.15, 0.2) is 36.5 Å². The summed E-state index contributed by atoms with van der Waals surface area (Å²) >= 11 is 0. The molecule has 0 saturated heterocycles. The average molecular weight is 319 g/mol. The molecule has 0 radical (unpaired) electrons. The van der Waals surface area contributed by atoms with Crippen molar-refractivity contribution in [3.05, 3.63) is 36.5 Å². The van der Waals surface area contributed by atoms with E-state index in [2.05, 4.69) is 78.0 Å². The standard InChI is InChI=1S/C23H42/c1-7-11-18-22(10-4)19-20(5)16-12-13-17-21(6)23(14-8-2)15-9-3/h7-9,11,14-15,20-23H,10,12-13,16-19H2,1-6H3.